The molecule has 0 aromatic heterocycles. The van der Waals surface area contributed by atoms with Crippen LogP contribution in [0.2, 0.25) is 0 Å². The molecule has 19 heavy (non-hydrogen) atoms. The van der Waals surface area contributed by atoms with Gasteiger partial charge in [-0.05, 0) is 63.2 Å². The van der Waals surface area contributed by atoms with E-state index in [1.807, 2.05) is 11.1 Å². The van der Waals surface area contributed by atoms with E-state index in [1.165, 1.54) is 57.8 Å². The molecule has 0 radical (unpaired) electrons. The highest BCUT2D eigenvalue weighted by atomic mass is 127. The lowest BCUT2D eigenvalue weighted by Crippen LogP contribution is -2.30. The number of allylic oxidation sites excluding steroid dienone is 3. The molecule has 0 N–H and O–H groups in total. The van der Waals surface area contributed by atoms with Gasteiger partial charge in [-0.1, -0.05) is 75.7 Å². The zero-order chi connectivity index (χ0) is 13.9. The molecule has 0 spiro atoms. The third-order valence-electron chi connectivity index (χ3n) is 4.95. The van der Waals surface area contributed by atoms with Gasteiger partial charge in [-0.2, -0.15) is 0 Å². The van der Waals surface area contributed by atoms with Crippen LogP contribution in [0, 0.1) is 11.8 Å². The maximum atomic E-state index is 3.96. The van der Waals surface area contributed by atoms with Gasteiger partial charge in [0.1, 0.15) is 0 Å². The van der Waals surface area contributed by atoms with Gasteiger partial charge in [0.15, 0.2) is 0 Å². The van der Waals surface area contributed by atoms with Crippen molar-refractivity contribution in [3.05, 3.63) is 23.8 Å². The van der Waals surface area contributed by atoms with Gasteiger partial charge >= 0.3 is 0 Å². The molecule has 2 rings (SSSR count). The molecule has 0 heterocycles. The first-order valence-corrected chi connectivity index (χ1v) is 9.92. The molecular formula is C17H26I2. The minimum absolute atomic E-state index is 0.474. The first kappa shape index (κ1) is 16.3. The van der Waals surface area contributed by atoms with Crippen LogP contribution >= 0.6 is 45.2 Å². The molecule has 2 aliphatic carbocycles. The highest BCUT2D eigenvalue weighted by Crippen LogP contribution is 2.51. The summed E-state index contributed by atoms with van der Waals surface area (Å²) in [4.78, 5) is 0. The van der Waals surface area contributed by atoms with Gasteiger partial charge < -0.3 is 0 Å². The Hall–Kier alpha value is 0.940. The molecule has 0 aliphatic heterocycles. The summed E-state index contributed by atoms with van der Waals surface area (Å²) in [6.45, 7) is 6.28. The minimum Gasteiger partial charge on any atom is -0.103 e. The summed E-state index contributed by atoms with van der Waals surface area (Å²) in [5, 5.41) is 0. The van der Waals surface area contributed by atoms with E-state index in [0.717, 1.165) is 11.8 Å². The normalized spacial score (nSPS) is 31.3. The van der Waals surface area contributed by atoms with Crippen LogP contribution in [-0.2, 0) is 0 Å². The molecule has 0 amide bonds. The molecule has 1 unspecified atom stereocenters. The Morgan fingerprint density at radius 1 is 1.16 bits per heavy atom. The monoisotopic (exact) mass is 484 g/mol. The van der Waals surface area contributed by atoms with Crippen molar-refractivity contribution in [2.75, 3.05) is 0 Å². The quantitative estimate of drug-likeness (QED) is 0.234. The summed E-state index contributed by atoms with van der Waals surface area (Å²) in [5.41, 5.74) is 3.63. The SMILES string of the molecule is C=CC1CCC(=C2CCC(CCC)C(I)(I)C2)CC1. The van der Waals surface area contributed by atoms with Crippen molar-refractivity contribution < 1.29 is 0 Å². The second kappa shape index (κ2) is 7.28. The van der Waals surface area contributed by atoms with Gasteiger partial charge in [0.05, 0.1) is 1.43 Å². The summed E-state index contributed by atoms with van der Waals surface area (Å²) in [7, 11) is 0. The number of rotatable bonds is 3. The highest BCUT2D eigenvalue weighted by Gasteiger charge is 2.38. The van der Waals surface area contributed by atoms with Crippen LogP contribution in [0.4, 0.5) is 0 Å². The van der Waals surface area contributed by atoms with Gasteiger partial charge in [-0.3, -0.25) is 0 Å². The Bertz CT molecular complexity index is 344. The van der Waals surface area contributed by atoms with Gasteiger partial charge in [-0.25, -0.2) is 0 Å². The molecule has 2 aliphatic rings. The Kier molecular flexibility index (Phi) is 6.25. The van der Waals surface area contributed by atoms with E-state index < -0.39 is 0 Å². The fourth-order valence-corrected chi connectivity index (χ4v) is 5.83. The van der Waals surface area contributed by atoms with E-state index in [-0.39, 0.29) is 0 Å². The van der Waals surface area contributed by atoms with E-state index in [4.69, 9.17) is 0 Å². The predicted molar refractivity (Wildman–Crippen MR) is 102 cm³/mol. The van der Waals surface area contributed by atoms with Crippen LogP contribution in [0.15, 0.2) is 23.8 Å². The van der Waals surface area contributed by atoms with Crippen LogP contribution in [0.25, 0.3) is 0 Å². The summed E-state index contributed by atoms with van der Waals surface area (Å²) in [6, 6.07) is 0. The number of hydrogen-bond acceptors (Lipinski definition) is 0. The number of halogens is 2. The van der Waals surface area contributed by atoms with Crippen molar-refractivity contribution in [1.82, 2.24) is 0 Å². The largest absolute Gasteiger partial charge is 0.103 e. The lowest BCUT2D eigenvalue weighted by molar-refractivity contribution is 0.384. The average Bonchev–Trinajstić information content (AvgIpc) is 2.41. The van der Waals surface area contributed by atoms with Gasteiger partial charge in [0.25, 0.3) is 0 Å². The van der Waals surface area contributed by atoms with Crippen molar-refractivity contribution in [2.45, 2.75) is 66.1 Å². The lowest BCUT2D eigenvalue weighted by Gasteiger charge is -2.38. The second-order valence-electron chi connectivity index (χ2n) is 6.24. The Balaban J connectivity index is 2.02. The Morgan fingerprint density at radius 3 is 2.32 bits per heavy atom. The van der Waals surface area contributed by atoms with Gasteiger partial charge in [-0.15, -0.1) is 6.58 Å². The summed E-state index contributed by atoms with van der Waals surface area (Å²) in [5.74, 6) is 1.71. The zero-order valence-electron chi connectivity index (χ0n) is 12.1. The molecule has 0 aromatic rings. The average molecular weight is 484 g/mol. The van der Waals surface area contributed by atoms with Crippen LogP contribution in [0.3, 0.4) is 0 Å². The van der Waals surface area contributed by atoms with Crippen molar-refractivity contribution in [3.8, 4) is 0 Å². The molecule has 0 aromatic carbocycles. The summed E-state index contributed by atoms with van der Waals surface area (Å²) in [6.07, 6.45) is 14.4. The van der Waals surface area contributed by atoms with E-state index in [1.54, 1.807) is 0 Å². The molecular weight excluding hydrogens is 458 g/mol. The van der Waals surface area contributed by atoms with Crippen LogP contribution in [0.1, 0.15) is 64.7 Å². The lowest BCUT2D eigenvalue weighted by atomic mass is 9.77. The maximum absolute atomic E-state index is 3.96. The first-order valence-electron chi connectivity index (χ1n) is 7.77. The van der Waals surface area contributed by atoms with Crippen LogP contribution in [-0.4, -0.2) is 1.43 Å². The van der Waals surface area contributed by atoms with Crippen LogP contribution in [0.5, 0.6) is 0 Å². The molecule has 1 atom stereocenters. The minimum atomic E-state index is 0.474. The third kappa shape index (κ3) is 4.21. The van der Waals surface area contributed by atoms with E-state index in [9.17, 15) is 0 Å². The fraction of sp³-hybridized carbons (Fsp3) is 0.765. The molecule has 2 saturated carbocycles. The van der Waals surface area contributed by atoms with Crippen molar-refractivity contribution in [3.63, 3.8) is 0 Å². The molecule has 0 nitrogen and oxygen atoms in total. The van der Waals surface area contributed by atoms with E-state index in [2.05, 4.69) is 64.8 Å². The van der Waals surface area contributed by atoms with Crippen molar-refractivity contribution in [1.29, 1.82) is 0 Å². The topological polar surface area (TPSA) is 0 Å². The Morgan fingerprint density at radius 2 is 1.79 bits per heavy atom. The van der Waals surface area contributed by atoms with E-state index >= 15 is 0 Å². The number of hydrogen-bond donors (Lipinski definition) is 0. The van der Waals surface area contributed by atoms with Gasteiger partial charge in [0.2, 0.25) is 0 Å². The second-order valence-corrected chi connectivity index (χ2v) is 12.2. The molecule has 0 bridgehead atoms. The number of alkyl halides is 2. The summed E-state index contributed by atoms with van der Waals surface area (Å²) < 4.78 is 0.474. The Labute approximate surface area is 146 Å². The fourth-order valence-electron chi connectivity index (χ4n) is 3.66. The first-order chi connectivity index (χ1) is 9.06. The zero-order valence-corrected chi connectivity index (χ0v) is 16.4. The van der Waals surface area contributed by atoms with Crippen molar-refractivity contribution in [2.24, 2.45) is 11.8 Å². The smallest absolute Gasteiger partial charge is 0.0799 e. The molecule has 2 fully saturated rings. The maximum Gasteiger partial charge on any atom is 0.0799 e. The molecule has 108 valence electrons. The molecule has 0 saturated heterocycles. The van der Waals surface area contributed by atoms with E-state index in [0.29, 0.717) is 1.43 Å². The molecule has 2 heteroatoms. The highest BCUT2D eigenvalue weighted by molar-refractivity contribution is 14.2. The standard InChI is InChI=1S/C17H26I2/c1-3-5-16-11-10-15(12-17(16,18)19)14-8-6-13(4-2)7-9-14/h4,13,16H,2-3,5-12H2,1H3. The summed E-state index contributed by atoms with van der Waals surface area (Å²) >= 11 is 5.47. The van der Waals surface area contributed by atoms with Gasteiger partial charge in [0, 0.05) is 0 Å². The predicted octanol–water partition coefficient (Wildman–Crippen LogP) is 6.83. The van der Waals surface area contributed by atoms with Crippen molar-refractivity contribution >= 4 is 45.2 Å². The van der Waals surface area contributed by atoms with Crippen LogP contribution < -0.4 is 0 Å². The third-order valence-corrected chi connectivity index (χ3v) is 7.47.